The minimum atomic E-state index is -3.76. The van der Waals surface area contributed by atoms with Gasteiger partial charge < -0.3 is 14.2 Å². The number of nitrogens with one attached hydrogen (secondary N) is 1. The third-order valence-electron chi connectivity index (χ3n) is 14.2. The van der Waals surface area contributed by atoms with Crippen molar-refractivity contribution in [2.45, 2.75) is 127 Å². The maximum atomic E-state index is 14.9. The minimum Gasteiger partial charge on any atom is -0.497 e. The summed E-state index contributed by atoms with van der Waals surface area (Å²) >= 11 is 0. The Morgan fingerprint density at radius 3 is 2.41 bits per heavy atom. The summed E-state index contributed by atoms with van der Waals surface area (Å²) in [4.78, 5) is 32.9. The summed E-state index contributed by atoms with van der Waals surface area (Å²) in [5, 5.41) is 5.48. The fraction of sp³-hybridized carbons (Fsp3) is 0.543. The lowest BCUT2D eigenvalue weighted by molar-refractivity contribution is -0.118. The molecule has 12 heteroatoms. The third kappa shape index (κ3) is 6.68. The van der Waals surface area contributed by atoms with Crippen molar-refractivity contribution in [1.29, 1.82) is 0 Å². The van der Waals surface area contributed by atoms with Gasteiger partial charge >= 0.3 is 0 Å². The molecule has 0 spiro atoms. The largest absolute Gasteiger partial charge is 0.497 e. The first-order chi connectivity index (χ1) is 28.1. The molecule has 4 aromatic rings. The van der Waals surface area contributed by atoms with E-state index in [1.165, 1.54) is 49.9 Å². The van der Waals surface area contributed by atoms with Gasteiger partial charge in [-0.15, -0.1) is 0 Å². The number of benzene rings is 2. The van der Waals surface area contributed by atoms with E-state index in [0.29, 0.717) is 24.1 Å². The van der Waals surface area contributed by atoms with E-state index in [-0.39, 0.29) is 24.4 Å². The molecular weight excluding hydrogens is 749 g/mol. The van der Waals surface area contributed by atoms with E-state index < -0.39 is 21.2 Å². The molecule has 0 unspecified atom stereocenters. The summed E-state index contributed by atoms with van der Waals surface area (Å²) in [6.07, 6.45) is 16.8. The summed E-state index contributed by atoms with van der Waals surface area (Å²) in [7, 11) is -2.06. The Kier molecular flexibility index (Phi) is 9.58. The lowest BCUT2D eigenvalue weighted by atomic mass is 9.81. The van der Waals surface area contributed by atoms with Crippen molar-refractivity contribution >= 4 is 44.4 Å². The normalized spacial score (nSPS) is 22.5. The number of allylic oxidation sites excluding steroid dienone is 1. The molecule has 2 aromatic carbocycles. The van der Waals surface area contributed by atoms with E-state index >= 15 is 0 Å². The van der Waals surface area contributed by atoms with Crippen LogP contribution in [0.5, 0.6) is 5.75 Å². The number of sulfonamides is 1. The Bertz CT molecular complexity index is 2430. The van der Waals surface area contributed by atoms with Crippen LogP contribution in [-0.2, 0) is 27.8 Å². The maximum absolute atomic E-state index is 14.9. The fourth-order valence-corrected chi connectivity index (χ4v) is 11.2. The van der Waals surface area contributed by atoms with Crippen LogP contribution in [0.3, 0.4) is 0 Å². The molecule has 11 nitrogen and oxygen atoms in total. The van der Waals surface area contributed by atoms with Crippen LogP contribution >= 0.6 is 0 Å². The van der Waals surface area contributed by atoms with Crippen LogP contribution in [0, 0.1) is 5.92 Å². The highest BCUT2D eigenvalue weighted by molar-refractivity contribution is 7.90. The molecule has 2 bridgehead atoms. The number of rotatable bonds is 11. The van der Waals surface area contributed by atoms with E-state index in [1.54, 1.807) is 21.0 Å². The monoisotopic (exact) mass is 804 g/mol. The zero-order valence-corrected chi connectivity index (χ0v) is 34.9. The quantitative estimate of drug-likeness (QED) is 0.166. The Morgan fingerprint density at radius 2 is 1.72 bits per heavy atom. The van der Waals surface area contributed by atoms with Crippen molar-refractivity contribution in [2.24, 2.45) is 5.92 Å². The van der Waals surface area contributed by atoms with Gasteiger partial charge in [0.15, 0.2) is 0 Å². The van der Waals surface area contributed by atoms with Crippen molar-refractivity contribution < 1.29 is 22.7 Å². The second-order valence-corrected chi connectivity index (χ2v) is 20.5. The standard InChI is InChI=1S/C46H56N6O5S/c1-28(2)58(55,56)48-42(53)19-30-14-16-39-41(18-30)51-25-33(20-32-21-37(57-3)15-17-38(32)45(51)43(39)31-8-5-4-6-9-31)44-40(23-47-52(44)34-10-7-11-34)46(54)50-27-35-22-36(50)26-49(35)24-29-12-13-29/h14-18,20-21,23,28-29,31,34-36H,4-13,19,22,24-27H2,1-3H3,(H,48,53)/t35-,36-/m0/s1. The number of amides is 2. The lowest BCUT2D eigenvalue weighted by Crippen LogP contribution is -2.49. The van der Waals surface area contributed by atoms with Crippen LogP contribution in [-0.4, -0.2) is 88.5 Å². The number of piperazine rings is 1. The summed E-state index contributed by atoms with van der Waals surface area (Å²) in [5.74, 6) is 1.52. The van der Waals surface area contributed by atoms with Gasteiger partial charge in [-0.25, -0.2) is 8.42 Å². The first kappa shape index (κ1) is 37.8. The van der Waals surface area contributed by atoms with Gasteiger partial charge in [-0.3, -0.25) is 23.9 Å². The van der Waals surface area contributed by atoms with Gasteiger partial charge in [0.05, 0.1) is 54.5 Å². The predicted octanol–water partition coefficient (Wildman–Crippen LogP) is 7.55. The van der Waals surface area contributed by atoms with Gasteiger partial charge in [-0.1, -0.05) is 31.4 Å². The molecule has 1 N–H and O–H groups in total. The number of methoxy groups -OCH3 is 1. The highest BCUT2D eigenvalue weighted by Crippen LogP contribution is 2.49. The lowest BCUT2D eigenvalue weighted by Gasteiger charge is -2.34. The van der Waals surface area contributed by atoms with Gasteiger partial charge in [-0.05, 0) is 130 Å². The molecule has 306 valence electrons. The summed E-state index contributed by atoms with van der Waals surface area (Å²) in [5.41, 5.74) is 9.04. The van der Waals surface area contributed by atoms with Crippen LogP contribution in [0.4, 0.5) is 0 Å². The van der Waals surface area contributed by atoms with Gasteiger partial charge in [0.1, 0.15) is 5.75 Å². The minimum absolute atomic E-state index is 0.0547. The summed E-state index contributed by atoms with van der Waals surface area (Å²) < 4.78 is 37.9. The molecule has 5 fully saturated rings. The van der Waals surface area contributed by atoms with Crippen LogP contribution in [0.1, 0.15) is 129 Å². The van der Waals surface area contributed by atoms with E-state index in [2.05, 4.69) is 54.1 Å². The van der Waals surface area contributed by atoms with Gasteiger partial charge in [0.25, 0.3) is 5.91 Å². The average molecular weight is 805 g/mol. The van der Waals surface area contributed by atoms with E-state index in [9.17, 15) is 18.0 Å². The molecular formula is C46H56N6O5S. The number of fused-ring (bicyclic) bond motifs is 7. The number of carbonyl (C=O) groups is 2. The topological polar surface area (TPSA) is 119 Å². The Balaban J connectivity index is 1.10. The Labute approximate surface area is 341 Å². The van der Waals surface area contributed by atoms with Crippen molar-refractivity contribution in [2.75, 3.05) is 26.7 Å². The van der Waals surface area contributed by atoms with E-state index in [1.807, 2.05) is 18.3 Å². The molecule has 2 saturated heterocycles. The highest BCUT2D eigenvalue weighted by atomic mass is 32.2. The number of ether oxygens (including phenoxy) is 1. The molecule has 2 atom stereocenters. The molecule has 0 radical (unpaired) electrons. The molecule has 3 saturated carbocycles. The van der Waals surface area contributed by atoms with Gasteiger partial charge in [-0.2, -0.15) is 5.10 Å². The fourth-order valence-electron chi connectivity index (χ4n) is 10.6. The Morgan fingerprint density at radius 1 is 0.914 bits per heavy atom. The van der Waals surface area contributed by atoms with Crippen LogP contribution in [0.2, 0.25) is 0 Å². The first-order valence-electron chi connectivity index (χ1n) is 21.8. The second-order valence-electron chi connectivity index (χ2n) is 18.3. The van der Waals surface area contributed by atoms with Crippen LogP contribution in [0.25, 0.3) is 33.8 Å². The second kappa shape index (κ2) is 14.7. The SMILES string of the molecule is COc1ccc2c(c1)C=C(c1c(C(=O)N3C[C@@H]4C[C@H]3CN4CC3CC3)cnn1C1CCC1)Cn1c-2c(C2CCCCC2)c2ccc(CC(=O)NS(=O)(=O)C(C)C)cc21. The summed E-state index contributed by atoms with van der Waals surface area (Å²) in [6, 6.07) is 13.5. The molecule has 3 aliphatic heterocycles. The molecule has 10 rings (SSSR count). The maximum Gasteiger partial charge on any atom is 0.258 e. The molecule has 2 amide bonds. The van der Waals surface area contributed by atoms with Crippen molar-refractivity contribution in [1.82, 2.24) is 28.9 Å². The van der Waals surface area contributed by atoms with Crippen molar-refractivity contribution in [3.8, 4) is 17.0 Å². The van der Waals surface area contributed by atoms with Crippen molar-refractivity contribution in [3.05, 3.63) is 70.5 Å². The van der Waals surface area contributed by atoms with E-state index in [4.69, 9.17) is 9.84 Å². The molecule has 5 heterocycles. The highest BCUT2D eigenvalue weighted by Gasteiger charge is 2.47. The number of hydrogen-bond donors (Lipinski definition) is 1. The zero-order valence-electron chi connectivity index (χ0n) is 34.1. The third-order valence-corrected chi connectivity index (χ3v) is 15.9. The van der Waals surface area contributed by atoms with Crippen molar-refractivity contribution in [3.63, 3.8) is 0 Å². The van der Waals surface area contributed by atoms with Crippen LogP contribution in [0.15, 0.2) is 42.6 Å². The molecule has 2 aromatic heterocycles. The number of likely N-dealkylation sites (tertiary alicyclic amines) is 2. The smallest absolute Gasteiger partial charge is 0.258 e. The van der Waals surface area contributed by atoms with E-state index in [0.717, 1.165) is 102 Å². The number of nitrogens with zero attached hydrogens (tertiary/aromatic N) is 5. The Hall–Kier alpha value is -4.42. The zero-order chi connectivity index (χ0) is 39.9. The predicted molar refractivity (Wildman–Crippen MR) is 226 cm³/mol. The molecule has 58 heavy (non-hydrogen) atoms. The van der Waals surface area contributed by atoms with Gasteiger partial charge in [0.2, 0.25) is 15.9 Å². The van der Waals surface area contributed by atoms with Gasteiger partial charge in [0, 0.05) is 48.2 Å². The average Bonchev–Trinajstić information content (AvgIpc) is 3.47. The number of hydrogen-bond acceptors (Lipinski definition) is 7. The number of aromatic nitrogens is 3. The summed E-state index contributed by atoms with van der Waals surface area (Å²) in [6.45, 7) is 6.54. The van der Waals surface area contributed by atoms with Crippen LogP contribution < -0.4 is 9.46 Å². The number of carbonyl (C=O) groups excluding carboxylic acids is 2. The molecule has 3 aliphatic carbocycles. The first-order valence-corrected chi connectivity index (χ1v) is 23.3. The molecule has 6 aliphatic rings.